The van der Waals surface area contributed by atoms with Crippen LogP contribution in [-0.2, 0) is 23.3 Å². The van der Waals surface area contributed by atoms with Crippen LogP contribution in [0.1, 0.15) is 16.7 Å². The summed E-state index contributed by atoms with van der Waals surface area (Å²) in [6.07, 6.45) is 0. The first-order valence-corrected chi connectivity index (χ1v) is 11.9. The topological polar surface area (TPSA) is 61.8 Å². The highest BCUT2D eigenvalue weighted by molar-refractivity contribution is 7.87. The molecule has 33 heavy (non-hydrogen) atoms. The molecule has 0 aliphatic heterocycles. The second kappa shape index (κ2) is 10.2. The van der Waals surface area contributed by atoms with Crippen molar-refractivity contribution in [3.8, 4) is 17.2 Å². The van der Waals surface area contributed by atoms with Gasteiger partial charge in [-0.3, -0.25) is 0 Å². The number of ether oxygens (including phenoxy) is 2. The Kier molecular flexibility index (Phi) is 6.95. The van der Waals surface area contributed by atoms with Crippen molar-refractivity contribution >= 4 is 10.1 Å². The van der Waals surface area contributed by atoms with Gasteiger partial charge in [0.2, 0.25) is 0 Å². The summed E-state index contributed by atoms with van der Waals surface area (Å²) in [5, 5.41) is 0. The molecular weight excluding hydrogens is 436 g/mol. The van der Waals surface area contributed by atoms with E-state index >= 15 is 0 Å². The Labute approximate surface area is 194 Å². The van der Waals surface area contributed by atoms with Gasteiger partial charge >= 0.3 is 10.1 Å². The summed E-state index contributed by atoms with van der Waals surface area (Å²) < 4.78 is 42.7. The van der Waals surface area contributed by atoms with E-state index in [4.69, 9.17) is 13.7 Å². The van der Waals surface area contributed by atoms with E-state index in [-0.39, 0.29) is 10.6 Å². The van der Waals surface area contributed by atoms with Crippen molar-refractivity contribution in [2.75, 3.05) is 0 Å². The molecule has 0 spiro atoms. The quantitative estimate of drug-likeness (QED) is 0.290. The molecule has 0 radical (unpaired) electrons. The largest absolute Gasteiger partial charge is 0.485 e. The molecule has 4 aromatic rings. The fourth-order valence-electron chi connectivity index (χ4n) is 3.12. The molecule has 0 atom stereocenters. The SMILES string of the molecule is Cc1ccc(S(=O)(=O)Oc2ccc(OCc3ccccc3)c(OCc3ccccc3)c2)cc1. The molecule has 0 N–H and O–H groups in total. The maximum Gasteiger partial charge on any atom is 0.339 e. The predicted octanol–water partition coefficient (Wildman–Crippen LogP) is 5.92. The van der Waals surface area contributed by atoms with Gasteiger partial charge in [-0.1, -0.05) is 78.4 Å². The number of hydrogen-bond donors (Lipinski definition) is 0. The number of aryl methyl sites for hydroxylation is 1. The molecule has 5 nitrogen and oxygen atoms in total. The molecule has 4 rings (SSSR count). The summed E-state index contributed by atoms with van der Waals surface area (Å²) in [7, 11) is -3.98. The predicted molar refractivity (Wildman–Crippen MR) is 127 cm³/mol. The van der Waals surface area contributed by atoms with E-state index in [9.17, 15) is 8.42 Å². The molecule has 0 saturated carbocycles. The van der Waals surface area contributed by atoms with Crippen LogP contribution in [0.3, 0.4) is 0 Å². The standard InChI is InChI=1S/C27H24O5S/c1-21-12-15-25(16-13-21)33(28,29)32-24-14-17-26(30-19-22-8-4-2-5-9-22)27(18-24)31-20-23-10-6-3-7-11-23/h2-18H,19-20H2,1H3. The highest BCUT2D eigenvalue weighted by Crippen LogP contribution is 2.34. The van der Waals surface area contributed by atoms with Gasteiger partial charge in [0.25, 0.3) is 0 Å². The second-order valence-corrected chi connectivity index (χ2v) is 9.05. The van der Waals surface area contributed by atoms with Crippen molar-refractivity contribution in [3.63, 3.8) is 0 Å². The monoisotopic (exact) mass is 460 g/mol. The summed E-state index contributed by atoms with van der Waals surface area (Å²) in [6.45, 7) is 2.54. The van der Waals surface area contributed by atoms with Crippen molar-refractivity contribution in [2.24, 2.45) is 0 Å². The molecular formula is C27H24O5S. The van der Waals surface area contributed by atoms with Gasteiger partial charge in [0, 0.05) is 6.07 Å². The van der Waals surface area contributed by atoms with E-state index < -0.39 is 10.1 Å². The van der Waals surface area contributed by atoms with Gasteiger partial charge in [-0.15, -0.1) is 0 Å². The van der Waals surface area contributed by atoms with Gasteiger partial charge in [-0.25, -0.2) is 0 Å². The lowest BCUT2D eigenvalue weighted by molar-refractivity contribution is 0.255. The zero-order valence-electron chi connectivity index (χ0n) is 18.2. The molecule has 0 aliphatic carbocycles. The number of rotatable bonds is 9. The Bertz CT molecular complexity index is 1290. The third-order valence-corrected chi connectivity index (χ3v) is 6.17. The van der Waals surface area contributed by atoms with Crippen molar-refractivity contribution in [3.05, 3.63) is 120 Å². The molecule has 168 valence electrons. The van der Waals surface area contributed by atoms with E-state index in [1.54, 1.807) is 24.3 Å². The zero-order chi connectivity index (χ0) is 23.1. The highest BCUT2D eigenvalue weighted by Gasteiger charge is 2.18. The molecule has 6 heteroatoms. The summed E-state index contributed by atoms with van der Waals surface area (Å²) in [6, 6.07) is 30.7. The lowest BCUT2D eigenvalue weighted by Crippen LogP contribution is -2.10. The Balaban J connectivity index is 1.56. The Morgan fingerprint density at radius 1 is 0.636 bits per heavy atom. The Hall–Kier alpha value is -3.77. The summed E-state index contributed by atoms with van der Waals surface area (Å²) in [5.74, 6) is 1.03. The minimum Gasteiger partial charge on any atom is -0.485 e. The van der Waals surface area contributed by atoms with Gasteiger partial charge in [-0.2, -0.15) is 8.42 Å². The van der Waals surface area contributed by atoms with Crippen LogP contribution in [0.2, 0.25) is 0 Å². The van der Waals surface area contributed by atoms with Crippen LogP contribution in [0.4, 0.5) is 0 Å². The summed E-state index contributed by atoms with van der Waals surface area (Å²) in [4.78, 5) is 0.0873. The van der Waals surface area contributed by atoms with Crippen LogP contribution in [0, 0.1) is 6.92 Å². The molecule has 0 heterocycles. The van der Waals surface area contributed by atoms with Crippen LogP contribution >= 0.6 is 0 Å². The first-order valence-electron chi connectivity index (χ1n) is 10.5. The molecule has 4 aromatic carbocycles. The normalized spacial score (nSPS) is 11.1. The molecule has 0 saturated heterocycles. The molecule has 0 bridgehead atoms. The minimum atomic E-state index is -3.98. The first-order chi connectivity index (χ1) is 16.0. The van der Waals surface area contributed by atoms with Gasteiger partial charge in [0.1, 0.15) is 23.9 Å². The number of benzene rings is 4. The number of hydrogen-bond acceptors (Lipinski definition) is 5. The average Bonchev–Trinajstić information content (AvgIpc) is 2.83. The fraction of sp³-hybridized carbons (Fsp3) is 0.111. The van der Waals surface area contributed by atoms with Crippen molar-refractivity contribution < 1.29 is 22.1 Å². The third-order valence-electron chi connectivity index (χ3n) is 4.91. The van der Waals surface area contributed by atoms with Crippen LogP contribution in [-0.4, -0.2) is 8.42 Å². The van der Waals surface area contributed by atoms with Crippen molar-refractivity contribution in [2.45, 2.75) is 25.0 Å². The molecule has 0 aliphatic rings. The first kappa shape index (κ1) is 22.4. The Morgan fingerprint density at radius 3 is 1.76 bits per heavy atom. The van der Waals surface area contributed by atoms with Gasteiger partial charge in [-0.05, 0) is 42.3 Å². The van der Waals surface area contributed by atoms with E-state index in [2.05, 4.69) is 0 Å². The summed E-state index contributed by atoms with van der Waals surface area (Å²) in [5.41, 5.74) is 2.95. The van der Waals surface area contributed by atoms with E-state index in [1.165, 1.54) is 18.2 Å². The van der Waals surface area contributed by atoms with Crippen LogP contribution in [0.15, 0.2) is 108 Å². The van der Waals surface area contributed by atoms with Crippen molar-refractivity contribution in [1.82, 2.24) is 0 Å². The van der Waals surface area contributed by atoms with Crippen molar-refractivity contribution in [1.29, 1.82) is 0 Å². The van der Waals surface area contributed by atoms with Crippen LogP contribution < -0.4 is 13.7 Å². The molecule has 0 fully saturated rings. The molecule has 0 aromatic heterocycles. The molecule has 0 amide bonds. The zero-order valence-corrected chi connectivity index (χ0v) is 19.0. The van der Waals surface area contributed by atoms with E-state index in [0.29, 0.717) is 24.7 Å². The smallest absolute Gasteiger partial charge is 0.339 e. The van der Waals surface area contributed by atoms with E-state index in [1.807, 2.05) is 67.6 Å². The van der Waals surface area contributed by atoms with Crippen LogP contribution in [0.5, 0.6) is 17.2 Å². The fourth-order valence-corrected chi connectivity index (χ4v) is 4.05. The Morgan fingerprint density at radius 2 is 1.18 bits per heavy atom. The van der Waals surface area contributed by atoms with Crippen LogP contribution in [0.25, 0.3) is 0 Å². The van der Waals surface area contributed by atoms with E-state index in [0.717, 1.165) is 16.7 Å². The third kappa shape index (κ3) is 6.14. The lowest BCUT2D eigenvalue weighted by atomic mass is 10.2. The molecule has 0 unspecified atom stereocenters. The maximum atomic E-state index is 12.7. The van der Waals surface area contributed by atoms with Gasteiger partial charge in [0.05, 0.1) is 0 Å². The lowest BCUT2D eigenvalue weighted by Gasteiger charge is -2.15. The summed E-state index contributed by atoms with van der Waals surface area (Å²) >= 11 is 0. The van der Waals surface area contributed by atoms with Gasteiger partial charge < -0.3 is 13.7 Å². The minimum absolute atomic E-state index is 0.0873. The highest BCUT2D eigenvalue weighted by atomic mass is 32.2. The van der Waals surface area contributed by atoms with Gasteiger partial charge in [0.15, 0.2) is 11.5 Å². The second-order valence-electron chi connectivity index (χ2n) is 7.51. The average molecular weight is 461 g/mol. The maximum absolute atomic E-state index is 12.7.